The summed E-state index contributed by atoms with van der Waals surface area (Å²) < 4.78 is 1.18. The molecule has 0 bridgehead atoms. The average molecular weight is 324 g/mol. The first-order chi connectivity index (χ1) is 9.22. The summed E-state index contributed by atoms with van der Waals surface area (Å²) >= 11 is 3.54. The van der Waals surface area contributed by atoms with Crippen LogP contribution in [0, 0.1) is 5.41 Å². The molecule has 0 spiro atoms. The summed E-state index contributed by atoms with van der Waals surface area (Å²) in [4.78, 5) is 0. The second-order valence-electron chi connectivity index (χ2n) is 5.88. The molecule has 0 aliphatic carbocycles. The Morgan fingerprint density at radius 2 is 2.00 bits per heavy atom. The van der Waals surface area contributed by atoms with Gasteiger partial charge in [0.25, 0.3) is 0 Å². The van der Waals surface area contributed by atoms with E-state index >= 15 is 0 Å². The third-order valence-electron chi connectivity index (χ3n) is 4.89. The number of piperidine rings is 1. The molecule has 106 valence electrons. The molecular weight excluding hydrogens is 298 g/mol. The van der Waals surface area contributed by atoms with Gasteiger partial charge in [-0.25, -0.2) is 0 Å². The molecule has 1 nitrogen and oxygen atoms in total. The van der Waals surface area contributed by atoms with Crippen molar-refractivity contribution in [1.29, 1.82) is 0 Å². The number of benzene rings is 1. The van der Waals surface area contributed by atoms with Crippen molar-refractivity contribution in [2.24, 2.45) is 5.41 Å². The van der Waals surface area contributed by atoms with Crippen LogP contribution in [0.4, 0.5) is 0 Å². The maximum atomic E-state index is 3.60. The third-order valence-corrected chi connectivity index (χ3v) is 5.42. The van der Waals surface area contributed by atoms with E-state index in [-0.39, 0.29) is 0 Å². The first kappa shape index (κ1) is 15.1. The van der Waals surface area contributed by atoms with Gasteiger partial charge in [0, 0.05) is 16.9 Å². The van der Waals surface area contributed by atoms with Crippen LogP contribution >= 0.6 is 15.9 Å². The number of rotatable bonds is 5. The van der Waals surface area contributed by atoms with Gasteiger partial charge in [-0.05, 0) is 48.9 Å². The van der Waals surface area contributed by atoms with Crippen LogP contribution in [0.5, 0.6) is 0 Å². The molecule has 0 aromatic heterocycles. The van der Waals surface area contributed by atoms with E-state index in [2.05, 4.69) is 59.4 Å². The fraction of sp³-hybridized carbons (Fsp3) is 0.647. The molecule has 2 heteroatoms. The molecule has 2 unspecified atom stereocenters. The predicted molar refractivity (Wildman–Crippen MR) is 86.6 cm³/mol. The number of hydrogen-bond donors (Lipinski definition) is 1. The molecule has 1 aromatic rings. The quantitative estimate of drug-likeness (QED) is 0.793. The van der Waals surface area contributed by atoms with Crippen molar-refractivity contribution in [3.8, 4) is 0 Å². The molecule has 0 radical (unpaired) electrons. The highest BCUT2D eigenvalue weighted by Crippen LogP contribution is 2.47. The molecule has 19 heavy (non-hydrogen) atoms. The van der Waals surface area contributed by atoms with Gasteiger partial charge in [-0.1, -0.05) is 54.8 Å². The van der Waals surface area contributed by atoms with E-state index in [1.54, 1.807) is 0 Å². The van der Waals surface area contributed by atoms with Crippen LogP contribution in [0.25, 0.3) is 0 Å². The van der Waals surface area contributed by atoms with E-state index in [9.17, 15) is 0 Å². The number of hydrogen-bond acceptors (Lipinski definition) is 1. The van der Waals surface area contributed by atoms with Crippen molar-refractivity contribution < 1.29 is 0 Å². The molecule has 1 aromatic carbocycles. The SMILES string of the molecule is CCCCC1(CC)CCNCC1c1ccc(Br)cc1. The first-order valence-corrected chi connectivity index (χ1v) is 8.47. The van der Waals surface area contributed by atoms with Crippen molar-refractivity contribution >= 4 is 15.9 Å². The van der Waals surface area contributed by atoms with E-state index in [1.165, 1.54) is 48.7 Å². The Morgan fingerprint density at radius 3 is 2.63 bits per heavy atom. The average Bonchev–Trinajstić information content (AvgIpc) is 2.46. The van der Waals surface area contributed by atoms with Crippen molar-refractivity contribution in [2.75, 3.05) is 13.1 Å². The van der Waals surface area contributed by atoms with Gasteiger partial charge in [-0.2, -0.15) is 0 Å². The minimum absolute atomic E-state index is 0.509. The summed E-state index contributed by atoms with van der Waals surface area (Å²) in [6.07, 6.45) is 6.67. The van der Waals surface area contributed by atoms with E-state index < -0.39 is 0 Å². The van der Waals surface area contributed by atoms with E-state index in [0.29, 0.717) is 11.3 Å². The zero-order valence-corrected chi connectivity index (χ0v) is 13.8. The van der Waals surface area contributed by atoms with Gasteiger partial charge >= 0.3 is 0 Å². The van der Waals surface area contributed by atoms with Crippen molar-refractivity contribution in [3.05, 3.63) is 34.3 Å². The predicted octanol–water partition coefficient (Wildman–Crippen LogP) is 5.11. The Balaban J connectivity index is 2.25. The lowest BCUT2D eigenvalue weighted by Gasteiger charge is -2.45. The summed E-state index contributed by atoms with van der Waals surface area (Å²) in [5.41, 5.74) is 2.02. The minimum atomic E-state index is 0.509. The molecule has 1 fully saturated rings. The highest BCUT2D eigenvalue weighted by atomic mass is 79.9. The molecule has 2 rings (SSSR count). The van der Waals surface area contributed by atoms with Crippen molar-refractivity contribution in [1.82, 2.24) is 5.32 Å². The van der Waals surface area contributed by atoms with Crippen LogP contribution < -0.4 is 5.32 Å². The molecule has 1 heterocycles. The zero-order chi connectivity index (χ0) is 13.7. The maximum absolute atomic E-state index is 3.60. The van der Waals surface area contributed by atoms with E-state index in [4.69, 9.17) is 0 Å². The number of unbranched alkanes of at least 4 members (excludes halogenated alkanes) is 1. The lowest BCUT2D eigenvalue weighted by atomic mass is 9.64. The maximum Gasteiger partial charge on any atom is 0.0175 e. The Morgan fingerprint density at radius 1 is 1.26 bits per heavy atom. The Hall–Kier alpha value is -0.340. The third kappa shape index (κ3) is 3.41. The molecular formula is C17H26BrN. The number of nitrogens with one attached hydrogen (secondary N) is 1. The van der Waals surface area contributed by atoms with E-state index in [1.807, 2.05) is 0 Å². The lowest BCUT2D eigenvalue weighted by molar-refractivity contribution is 0.136. The molecule has 1 aliphatic heterocycles. The molecule has 0 saturated carbocycles. The normalized spacial score (nSPS) is 27.4. The number of halogens is 1. The van der Waals surface area contributed by atoms with E-state index in [0.717, 1.165) is 6.54 Å². The van der Waals surface area contributed by atoms with Crippen LogP contribution in [0.1, 0.15) is 57.4 Å². The molecule has 1 aliphatic rings. The Kier molecular flexibility index (Phi) is 5.47. The molecule has 1 N–H and O–H groups in total. The fourth-order valence-electron chi connectivity index (χ4n) is 3.57. The molecule has 1 saturated heterocycles. The summed E-state index contributed by atoms with van der Waals surface area (Å²) in [5.74, 6) is 0.672. The second kappa shape index (κ2) is 6.90. The lowest BCUT2D eigenvalue weighted by Crippen LogP contribution is -2.43. The smallest absolute Gasteiger partial charge is 0.0175 e. The largest absolute Gasteiger partial charge is 0.316 e. The Bertz CT molecular complexity index is 387. The van der Waals surface area contributed by atoms with Crippen LogP contribution in [0.15, 0.2) is 28.7 Å². The van der Waals surface area contributed by atoms with Gasteiger partial charge in [-0.15, -0.1) is 0 Å². The fourth-order valence-corrected chi connectivity index (χ4v) is 3.83. The van der Waals surface area contributed by atoms with Crippen molar-refractivity contribution in [3.63, 3.8) is 0 Å². The Labute approximate surface area is 126 Å². The highest BCUT2D eigenvalue weighted by Gasteiger charge is 2.39. The topological polar surface area (TPSA) is 12.0 Å². The monoisotopic (exact) mass is 323 g/mol. The van der Waals surface area contributed by atoms with Crippen LogP contribution in [0.3, 0.4) is 0 Å². The minimum Gasteiger partial charge on any atom is -0.316 e. The summed E-state index contributed by atoms with van der Waals surface area (Å²) in [5, 5.41) is 3.60. The van der Waals surface area contributed by atoms with Crippen molar-refractivity contribution in [2.45, 2.75) is 51.9 Å². The second-order valence-corrected chi connectivity index (χ2v) is 6.79. The standard InChI is InChI=1S/C17H26BrN/c1-3-5-10-17(4-2)11-12-19-13-16(17)14-6-8-15(18)9-7-14/h6-9,16,19H,3-5,10-13H2,1-2H3. The van der Waals surface area contributed by atoms with Crippen LogP contribution in [0.2, 0.25) is 0 Å². The first-order valence-electron chi connectivity index (χ1n) is 7.68. The van der Waals surface area contributed by atoms with Gasteiger partial charge in [0.05, 0.1) is 0 Å². The summed E-state index contributed by atoms with van der Waals surface area (Å²) in [6, 6.07) is 8.98. The van der Waals surface area contributed by atoms with Gasteiger partial charge < -0.3 is 5.32 Å². The van der Waals surface area contributed by atoms with Gasteiger partial charge in [0.2, 0.25) is 0 Å². The van der Waals surface area contributed by atoms with Gasteiger partial charge in [-0.3, -0.25) is 0 Å². The summed E-state index contributed by atoms with van der Waals surface area (Å²) in [7, 11) is 0. The van der Waals surface area contributed by atoms with Crippen LogP contribution in [-0.4, -0.2) is 13.1 Å². The van der Waals surface area contributed by atoms with Gasteiger partial charge in [0.1, 0.15) is 0 Å². The summed E-state index contributed by atoms with van der Waals surface area (Å²) in [6.45, 7) is 7.01. The highest BCUT2D eigenvalue weighted by molar-refractivity contribution is 9.10. The van der Waals surface area contributed by atoms with Crippen LogP contribution in [-0.2, 0) is 0 Å². The van der Waals surface area contributed by atoms with Gasteiger partial charge in [0.15, 0.2) is 0 Å². The zero-order valence-electron chi connectivity index (χ0n) is 12.2. The molecule has 0 amide bonds. The molecule has 2 atom stereocenters.